The third-order valence-corrected chi connectivity index (χ3v) is 3.95. The Labute approximate surface area is 138 Å². The van der Waals surface area contributed by atoms with Crippen LogP contribution in [0.15, 0.2) is 48.5 Å². The zero-order chi connectivity index (χ0) is 15.8. The van der Waals surface area contributed by atoms with Crippen LogP contribution in [0.1, 0.15) is 31.4 Å². The van der Waals surface area contributed by atoms with E-state index in [2.05, 4.69) is 48.6 Å². The fourth-order valence-corrected chi connectivity index (χ4v) is 2.61. The molecule has 118 valence electrons. The van der Waals surface area contributed by atoms with Gasteiger partial charge in [-0.05, 0) is 49.9 Å². The molecule has 0 fully saturated rings. The normalized spacial score (nSPS) is 12.1. The number of halogens is 1. The smallest absolute Gasteiger partial charge is 0.137 e. The quantitative estimate of drug-likeness (QED) is 0.751. The van der Waals surface area contributed by atoms with Gasteiger partial charge < -0.3 is 10.1 Å². The van der Waals surface area contributed by atoms with Crippen molar-refractivity contribution < 1.29 is 4.74 Å². The minimum atomic E-state index is 0.463. The molecule has 2 rings (SSSR count). The zero-order valence-electron chi connectivity index (χ0n) is 13.3. The third kappa shape index (κ3) is 5.36. The molecule has 0 aliphatic carbocycles. The summed E-state index contributed by atoms with van der Waals surface area (Å²) in [5.74, 6) is 0.755. The van der Waals surface area contributed by atoms with E-state index in [1.54, 1.807) is 0 Å². The summed E-state index contributed by atoms with van der Waals surface area (Å²) < 4.78 is 5.45. The minimum absolute atomic E-state index is 0.463. The number of aryl methyl sites for hydroxylation is 1. The van der Waals surface area contributed by atoms with Crippen molar-refractivity contribution >= 4 is 11.6 Å². The van der Waals surface area contributed by atoms with E-state index in [9.17, 15) is 0 Å². The van der Waals surface area contributed by atoms with E-state index < -0.39 is 0 Å². The molecule has 0 heterocycles. The highest BCUT2D eigenvalue weighted by molar-refractivity contribution is 6.32. The Balaban J connectivity index is 1.78. The number of rotatable bonds is 8. The number of benzene rings is 2. The highest BCUT2D eigenvalue weighted by Gasteiger charge is 2.05. The van der Waals surface area contributed by atoms with Gasteiger partial charge in [0.15, 0.2) is 0 Å². The summed E-state index contributed by atoms with van der Waals surface area (Å²) in [6.45, 7) is 5.63. The van der Waals surface area contributed by atoms with E-state index in [1.807, 2.05) is 19.1 Å². The van der Waals surface area contributed by atoms with Crippen molar-refractivity contribution in [2.45, 2.75) is 39.3 Å². The molecule has 0 radical (unpaired) electrons. The van der Waals surface area contributed by atoms with Gasteiger partial charge in [0.2, 0.25) is 0 Å². The van der Waals surface area contributed by atoms with E-state index in [-0.39, 0.29) is 0 Å². The van der Waals surface area contributed by atoms with E-state index in [0.29, 0.717) is 17.7 Å². The Morgan fingerprint density at radius 2 is 1.86 bits per heavy atom. The summed E-state index contributed by atoms with van der Waals surface area (Å²) in [6.07, 6.45) is 2.22. The van der Waals surface area contributed by atoms with E-state index in [1.165, 1.54) is 11.1 Å². The van der Waals surface area contributed by atoms with Crippen LogP contribution in [0, 0.1) is 0 Å². The van der Waals surface area contributed by atoms with Gasteiger partial charge in [-0.15, -0.1) is 0 Å². The Kier molecular flexibility index (Phi) is 6.75. The maximum atomic E-state index is 6.21. The third-order valence-electron chi connectivity index (χ3n) is 3.66. The first-order chi connectivity index (χ1) is 10.7. The van der Waals surface area contributed by atoms with Gasteiger partial charge in [0.25, 0.3) is 0 Å². The Hall–Kier alpha value is -1.51. The number of nitrogens with one attached hydrogen (secondary N) is 1. The molecule has 1 unspecified atom stereocenters. The summed E-state index contributed by atoms with van der Waals surface area (Å²) in [5, 5.41) is 4.23. The molecule has 0 amide bonds. The standard InChI is InChI=1S/C19H24ClNO/c1-3-22-19-12-11-17(13-18(19)20)14-21-15(2)9-10-16-7-5-4-6-8-16/h4-8,11-13,15,21H,3,9-10,14H2,1-2H3. The van der Waals surface area contributed by atoms with Crippen LogP contribution >= 0.6 is 11.6 Å². The lowest BCUT2D eigenvalue weighted by molar-refractivity contribution is 0.340. The molecule has 22 heavy (non-hydrogen) atoms. The lowest BCUT2D eigenvalue weighted by Crippen LogP contribution is -2.25. The van der Waals surface area contributed by atoms with Crippen LogP contribution in [-0.2, 0) is 13.0 Å². The fourth-order valence-electron chi connectivity index (χ4n) is 2.35. The summed E-state index contributed by atoms with van der Waals surface area (Å²) in [4.78, 5) is 0. The average molecular weight is 318 g/mol. The molecule has 1 N–H and O–H groups in total. The Morgan fingerprint density at radius 3 is 2.55 bits per heavy atom. The van der Waals surface area contributed by atoms with E-state index >= 15 is 0 Å². The predicted octanol–water partition coefficient (Wildman–Crippen LogP) is 4.85. The largest absolute Gasteiger partial charge is 0.492 e. The molecule has 3 heteroatoms. The maximum Gasteiger partial charge on any atom is 0.137 e. The lowest BCUT2D eigenvalue weighted by Gasteiger charge is -2.14. The van der Waals surface area contributed by atoms with Crippen LogP contribution in [0.2, 0.25) is 5.02 Å². The molecular formula is C19H24ClNO. The molecule has 1 atom stereocenters. The van der Waals surface area contributed by atoms with Gasteiger partial charge in [-0.1, -0.05) is 48.0 Å². The van der Waals surface area contributed by atoms with Crippen LogP contribution in [0.3, 0.4) is 0 Å². The van der Waals surface area contributed by atoms with Crippen molar-refractivity contribution in [1.82, 2.24) is 5.32 Å². The molecule has 0 aliphatic heterocycles. The first-order valence-corrected chi connectivity index (χ1v) is 8.25. The number of hydrogen-bond donors (Lipinski definition) is 1. The van der Waals surface area contributed by atoms with Gasteiger partial charge in [0, 0.05) is 12.6 Å². The van der Waals surface area contributed by atoms with Crippen molar-refractivity contribution in [3.8, 4) is 5.75 Å². The monoisotopic (exact) mass is 317 g/mol. The van der Waals surface area contributed by atoms with Crippen molar-refractivity contribution in [1.29, 1.82) is 0 Å². The molecule has 2 aromatic rings. The molecule has 0 bridgehead atoms. The summed E-state index contributed by atoms with van der Waals surface area (Å²) >= 11 is 6.21. The fraction of sp³-hybridized carbons (Fsp3) is 0.368. The van der Waals surface area contributed by atoms with E-state index in [0.717, 1.165) is 25.1 Å². The summed E-state index contributed by atoms with van der Waals surface area (Å²) in [5.41, 5.74) is 2.57. The van der Waals surface area contributed by atoms with Crippen molar-refractivity contribution in [3.63, 3.8) is 0 Å². The second-order valence-corrected chi connectivity index (χ2v) is 5.91. The zero-order valence-corrected chi connectivity index (χ0v) is 14.1. The molecule has 0 saturated heterocycles. The number of ether oxygens (including phenoxy) is 1. The van der Waals surface area contributed by atoms with Gasteiger partial charge in [0.1, 0.15) is 5.75 Å². The Morgan fingerprint density at radius 1 is 1.09 bits per heavy atom. The van der Waals surface area contributed by atoms with Crippen LogP contribution < -0.4 is 10.1 Å². The van der Waals surface area contributed by atoms with Crippen LogP contribution in [0.25, 0.3) is 0 Å². The lowest BCUT2D eigenvalue weighted by atomic mass is 10.1. The topological polar surface area (TPSA) is 21.3 Å². The molecule has 2 aromatic carbocycles. The first-order valence-electron chi connectivity index (χ1n) is 7.87. The summed E-state index contributed by atoms with van der Waals surface area (Å²) in [6, 6.07) is 17.0. The number of hydrogen-bond acceptors (Lipinski definition) is 2. The van der Waals surface area contributed by atoms with Gasteiger partial charge in [-0.3, -0.25) is 0 Å². The highest BCUT2D eigenvalue weighted by Crippen LogP contribution is 2.25. The average Bonchev–Trinajstić information content (AvgIpc) is 2.54. The van der Waals surface area contributed by atoms with Crippen molar-refractivity contribution in [2.75, 3.05) is 6.61 Å². The highest BCUT2D eigenvalue weighted by atomic mass is 35.5. The summed E-state index contributed by atoms with van der Waals surface area (Å²) in [7, 11) is 0. The molecule has 0 aliphatic rings. The molecule has 0 spiro atoms. The first kappa shape index (κ1) is 16.9. The van der Waals surface area contributed by atoms with Crippen molar-refractivity contribution in [3.05, 3.63) is 64.7 Å². The maximum absolute atomic E-state index is 6.21. The molecule has 0 aromatic heterocycles. The van der Waals surface area contributed by atoms with Gasteiger partial charge >= 0.3 is 0 Å². The van der Waals surface area contributed by atoms with Gasteiger partial charge in [-0.25, -0.2) is 0 Å². The van der Waals surface area contributed by atoms with E-state index in [4.69, 9.17) is 16.3 Å². The van der Waals surface area contributed by atoms with Gasteiger partial charge in [0.05, 0.1) is 11.6 Å². The molecule has 2 nitrogen and oxygen atoms in total. The van der Waals surface area contributed by atoms with Crippen LogP contribution in [0.5, 0.6) is 5.75 Å². The predicted molar refractivity (Wildman–Crippen MR) is 93.7 cm³/mol. The molecular weight excluding hydrogens is 294 g/mol. The SMILES string of the molecule is CCOc1ccc(CNC(C)CCc2ccccc2)cc1Cl. The van der Waals surface area contributed by atoms with Gasteiger partial charge in [-0.2, -0.15) is 0 Å². The molecule has 0 saturated carbocycles. The second kappa shape index (κ2) is 8.82. The van der Waals surface area contributed by atoms with Crippen LogP contribution in [0.4, 0.5) is 0 Å². The second-order valence-electron chi connectivity index (χ2n) is 5.50. The minimum Gasteiger partial charge on any atom is -0.492 e. The van der Waals surface area contributed by atoms with Crippen LogP contribution in [-0.4, -0.2) is 12.6 Å². The Bertz CT molecular complexity index is 571. The van der Waals surface area contributed by atoms with Crippen molar-refractivity contribution in [2.24, 2.45) is 0 Å².